The molecule has 0 radical (unpaired) electrons. The van der Waals surface area contributed by atoms with Crippen molar-refractivity contribution in [2.75, 3.05) is 0 Å². The molecule has 1 N–H and O–H groups in total. The summed E-state index contributed by atoms with van der Waals surface area (Å²) in [6.07, 6.45) is 4.16. The number of aryl methyl sites for hydroxylation is 1. The fraction of sp³-hybridized carbons (Fsp3) is 0.571. The standard InChI is InChI=1S/C7H12N2O/c1-7(10)3-6-9-5-2-4-8-9/h2,4-5,7,10H,3,6H2,1H3. The van der Waals surface area contributed by atoms with Crippen LogP contribution < -0.4 is 0 Å². The summed E-state index contributed by atoms with van der Waals surface area (Å²) in [6.45, 7) is 2.58. The lowest BCUT2D eigenvalue weighted by Crippen LogP contribution is -2.06. The molecule has 0 aliphatic carbocycles. The van der Waals surface area contributed by atoms with Crippen LogP contribution in [0.3, 0.4) is 0 Å². The van der Waals surface area contributed by atoms with Crippen LogP contribution in [0.4, 0.5) is 0 Å². The van der Waals surface area contributed by atoms with Crippen molar-refractivity contribution >= 4 is 0 Å². The highest BCUT2D eigenvalue weighted by Gasteiger charge is 1.95. The highest BCUT2D eigenvalue weighted by molar-refractivity contribution is 4.77. The summed E-state index contributed by atoms with van der Waals surface area (Å²) in [5.74, 6) is 0. The lowest BCUT2D eigenvalue weighted by atomic mass is 10.3. The Balaban J connectivity index is 2.28. The number of aromatic nitrogens is 2. The molecule has 1 aromatic heterocycles. The third kappa shape index (κ3) is 2.19. The van der Waals surface area contributed by atoms with Crippen LogP contribution in [-0.4, -0.2) is 21.0 Å². The Bertz CT molecular complexity index is 170. The maximum absolute atomic E-state index is 8.91. The van der Waals surface area contributed by atoms with Gasteiger partial charge in [0.25, 0.3) is 0 Å². The van der Waals surface area contributed by atoms with E-state index in [1.807, 2.05) is 16.9 Å². The van der Waals surface area contributed by atoms with Crippen molar-refractivity contribution in [2.24, 2.45) is 0 Å². The second-order valence-corrected chi connectivity index (χ2v) is 2.41. The summed E-state index contributed by atoms with van der Waals surface area (Å²) in [4.78, 5) is 0. The Hall–Kier alpha value is -0.830. The first-order valence-electron chi connectivity index (χ1n) is 3.44. The molecule has 0 aliphatic heterocycles. The van der Waals surface area contributed by atoms with Crippen molar-refractivity contribution in [1.29, 1.82) is 0 Å². The van der Waals surface area contributed by atoms with Crippen molar-refractivity contribution < 1.29 is 5.11 Å². The van der Waals surface area contributed by atoms with E-state index < -0.39 is 0 Å². The molecule has 1 unspecified atom stereocenters. The van der Waals surface area contributed by atoms with Crippen LogP contribution in [0, 0.1) is 0 Å². The van der Waals surface area contributed by atoms with Crippen LogP contribution in [0.25, 0.3) is 0 Å². The lowest BCUT2D eigenvalue weighted by molar-refractivity contribution is 0.176. The van der Waals surface area contributed by atoms with Gasteiger partial charge in [0.1, 0.15) is 0 Å². The SMILES string of the molecule is CC(O)CCn1cccn1. The minimum absolute atomic E-state index is 0.232. The minimum Gasteiger partial charge on any atom is -0.393 e. The van der Waals surface area contributed by atoms with Gasteiger partial charge in [-0.3, -0.25) is 4.68 Å². The molecule has 0 spiro atoms. The molecule has 10 heavy (non-hydrogen) atoms. The fourth-order valence-corrected chi connectivity index (χ4v) is 0.752. The smallest absolute Gasteiger partial charge is 0.0529 e. The van der Waals surface area contributed by atoms with Gasteiger partial charge in [-0.2, -0.15) is 5.10 Å². The van der Waals surface area contributed by atoms with Crippen LogP contribution in [0.1, 0.15) is 13.3 Å². The Morgan fingerprint density at radius 2 is 2.50 bits per heavy atom. The van der Waals surface area contributed by atoms with E-state index in [9.17, 15) is 0 Å². The molecule has 1 heterocycles. The van der Waals surface area contributed by atoms with E-state index >= 15 is 0 Å². The Morgan fingerprint density at radius 3 is 3.00 bits per heavy atom. The second kappa shape index (κ2) is 3.37. The Kier molecular flexibility index (Phi) is 2.45. The molecule has 0 amide bonds. The van der Waals surface area contributed by atoms with Crippen molar-refractivity contribution in [3.63, 3.8) is 0 Å². The molecule has 3 heteroatoms. The molecule has 56 valence electrons. The lowest BCUT2D eigenvalue weighted by Gasteiger charge is -2.02. The van der Waals surface area contributed by atoms with Crippen LogP contribution in [-0.2, 0) is 6.54 Å². The van der Waals surface area contributed by atoms with E-state index in [1.165, 1.54) is 0 Å². The van der Waals surface area contributed by atoms with Crippen LogP contribution in [0.2, 0.25) is 0 Å². The van der Waals surface area contributed by atoms with Gasteiger partial charge in [0.2, 0.25) is 0 Å². The van der Waals surface area contributed by atoms with Gasteiger partial charge in [-0.1, -0.05) is 0 Å². The van der Waals surface area contributed by atoms with Crippen molar-refractivity contribution in [1.82, 2.24) is 9.78 Å². The molecule has 0 aromatic carbocycles. The van der Waals surface area contributed by atoms with Crippen molar-refractivity contribution in [3.05, 3.63) is 18.5 Å². The zero-order valence-electron chi connectivity index (χ0n) is 6.07. The van der Waals surface area contributed by atoms with Crippen LogP contribution in [0.5, 0.6) is 0 Å². The van der Waals surface area contributed by atoms with Crippen LogP contribution in [0.15, 0.2) is 18.5 Å². The third-order valence-corrected chi connectivity index (χ3v) is 1.34. The Labute approximate surface area is 60.3 Å². The molecule has 0 saturated carbocycles. The van der Waals surface area contributed by atoms with E-state index in [2.05, 4.69) is 5.10 Å². The van der Waals surface area contributed by atoms with Gasteiger partial charge in [0.15, 0.2) is 0 Å². The summed E-state index contributed by atoms with van der Waals surface area (Å²) in [7, 11) is 0. The topological polar surface area (TPSA) is 38.0 Å². The molecule has 0 fully saturated rings. The predicted octanol–water partition coefficient (Wildman–Crippen LogP) is 0.654. The molecule has 1 aromatic rings. The second-order valence-electron chi connectivity index (χ2n) is 2.41. The van der Waals surface area contributed by atoms with Gasteiger partial charge < -0.3 is 5.11 Å². The summed E-state index contributed by atoms with van der Waals surface area (Å²) in [5, 5.41) is 12.9. The molecule has 0 saturated heterocycles. The summed E-state index contributed by atoms with van der Waals surface area (Å²) >= 11 is 0. The van der Waals surface area contributed by atoms with Gasteiger partial charge in [-0.05, 0) is 19.4 Å². The zero-order chi connectivity index (χ0) is 7.40. The quantitative estimate of drug-likeness (QED) is 0.669. The number of nitrogens with zero attached hydrogens (tertiary/aromatic N) is 2. The van der Waals surface area contributed by atoms with E-state index in [0.717, 1.165) is 13.0 Å². The summed E-state index contributed by atoms with van der Waals surface area (Å²) in [6, 6.07) is 1.88. The monoisotopic (exact) mass is 140 g/mol. The zero-order valence-corrected chi connectivity index (χ0v) is 6.07. The minimum atomic E-state index is -0.232. The average Bonchev–Trinajstić information content (AvgIpc) is 2.34. The summed E-state index contributed by atoms with van der Waals surface area (Å²) < 4.78 is 1.81. The first-order valence-corrected chi connectivity index (χ1v) is 3.44. The number of aliphatic hydroxyl groups excluding tert-OH is 1. The Morgan fingerprint density at radius 1 is 1.70 bits per heavy atom. The van der Waals surface area contributed by atoms with Crippen molar-refractivity contribution in [3.8, 4) is 0 Å². The van der Waals surface area contributed by atoms with E-state index in [4.69, 9.17) is 5.11 Å². The third-order valence-electron chi connectivity index (χ3n) is 1.34. The van der Waals surface area contributed by atoms with Gasteiger partial charge in [0, 0.05) is 18.9 Å². The molecule has 3 nitrogen and oxygen atoms in total. The normalized spacial score (nSPS) is 13.4. The van der Waals surface area contributed by atoms with Crippen LogP contribution >= 0.6 is 0 Å². The van der Waals surface area contributed by atoms with E-state index in [1.54, 1.807) is 13.1 Å². The maximum Gasteiger partial charge on any atom is 0.0529 e. The van der Waals surface area contributed by atoms with Crippen molar-refractivity contribution in [2.45, 2.75) is 26.0 Å². The molecule has 0 aliphatic rings. The van der Waals surface area contributed by atoms with Gasteiger partial charge in [0.05, 0.1) is 6.10 Å². The number of rotatable bonds is 3. The average molecular weight is 140 g/mol. The molecule has 1 atom stereocenters. The molecular formula is C7H12N2O. The molecule has 1 rings (SSSR count). The number of hydrogen-bond acceptors (Lipinski definition) is 2. The highest BCUT2D eigenvalue weighted by Crippen LogP contribution is 1.93. The first kappa shape index (κ1) is 7.28. The maximum atomic E-state index is 8.91. The molecule has 0 bridgehead atoms. The van der Waals surface area contributed by atoms with Gasteiger partial charge in [-0.25, -0.2) is 0 Å². The van der Waals surface area contributed by atoms with Gasteiger partial charge >= 0.3 is 0 Å². The summed E-state index contributed by atoms with van der Waals surface area (Å²) in [5.41, 5.74) is 0. The largest absolute Gasteiger partial charge is 0.393 e. The highest BCUT2D eigenvalue weighted by atomic mass is 16.3. The van der Waals surface area contributed by atoms with Gasteiger partial charge in [-0.15, -0.1) is 0 Å². The number of aliphatic hydroxyl groups is 1. The fourth-order valence-electron chi connectivity index (χ4n) is 0.752. The first-order chi connectivity index (χ1) is 4.79. The number of hydrogen-bond donors (Lipinski definition) is 1. The predicted molar refractivity (Wildman–Crippen MR) is 38.5 cm³/mol. The van der Waals surface area contributed by atoms with E-state index in [0.29, 0.717) is 0 Å². The molecular weight excluding hydrogens is 128 g/mol. The van der Waals surface area contributed by atoms with E-state index in [-0.39, 0.29) is 6.10 Å².